The first-order valence-corrected chi connectivity index (χ1v) is 7.16. The number of hydrogen-bond donors (Lipinski definition) is 1. The van der Waals surface area contributed by atoms with Gasteiger partial charge in [0.2, 0.25) is 0 Å². The van der Waals surface area contributed by atoms with Gasteiger partial charge in [0.15, 0.2) is 0 Å². The Kier molecular flexibility index (Phi) is 5.70. The van der Waals surface area contributed by atoms with Gasteiger partial charge in [-0.2, -0.15) is 0 Å². The van der Waals surface area contributed by atoms with Gasteiger partial charge in [-0.3, -0.25) is 0 Å². The van der Waals surface area contributed by atoms with Crippen LogP contribution in [0.25, 0.3) is 10.8 Å². The summed E-state index contributed by atoms with van der Waals surface area (Å²) in [4.78, 5) is 0. The highest BCUT2D eigenvalue weighted by Gasteiger charge is 1.97. The average molecular weight is 257 g/mol. The fraction of sp³-hybridized carbons (Fsp3) is 0.412. The Morgan fingerprint density at radius 2 is 1.68 bits per heavy atom. The molecule has 0 aliphatic rings. The smallest absolute Gasteiger partial charge is 0.119 e. The molecule has 102 valence electrons. The van der Waals surface area contributed by atoms with Gasteiger partial charge in [0.1, 0.15) is 5.75 Å². The van der Waals surface area contributed by atoms with E-state index in [1.807, 2.05) is 7.05 Å². The van der Waals surface area contributed by atoms with E-state index in [0.29, 0.717) is 0 Å². The normalized spacial score (nSPS) is 10.8. The second-order valence-corrected chi connectivity index (χ2v) is 4.88. The molecule has 0 heterocycles. The zero-order valence-corrected chi connectivity index (χ0v) is 11.7. The molecule has 0 radical (unpaired) electrons. The van der Waals surface area contributed by atoms with Crippen molar-refractivity contribution >= 4 is 10.8 Å². The molecule has 0 spiro atoms. The number of rotatable bonds is 8. The van der Waals surface area contributed by atoms with Crippen molar-refractivity contribution in [3.05, 3.63) is 42.5 Å². The maximum absolute atomic E-state index is 5.81. The van der Waals surface area contributed by atoms with E-state index in [2.05, 4.69) is 47.8 Å². The van der Waals surface area contributed by atoms with Crippen LogP contribution in [-0.2, 0) is 0 Å². The lowest BCUT2D eigenvalue weighted by Crippen LogP contribution is -2.07. The van der Waals surface area contributed by atoms with Crippen LogP contribution in [0, 0.1) is 0 Å². The van der Waals surface area contributed by atoms with E-state index < -0.39 is 0 Å². The fourth-order valence-corrected chi connectivity index (χ4v) is 2.20. The Balaban J connectivity index is 1.72. The van der Waals surface area contributed by atoms with Crippen molar-refractivity contribution in [1.29, 1.82) is 0 Å². The highest BCUT2D eigenvalue weighted by molar-refractivity contribution is 5.83. The number of fused-ring (bicyclic) bond motifs is 1. The number of unbranched alkanes of at least 4 members (excludes halogenated alkanes) is 3. The van der Waals surface area contributed by atoms with Gasteiger partial charge in [0.05, 0.1) is 6.61 Å². The summed E-state index contributed by atoms with van der Waals surface area (Å²) in [5.74, 6) is 0.980. The standard InChI is InChI=1S/C17H23NO/c1-18-12-6-2-3-7-13-19-17-11-10-15-8-4-5-9-16(15)14-17/h4-5,8-11,14,18H,2-3,6-7,12-13H2,1H3. The van der Waals surface area contributed by atoms with Crippen molar-refractivity contribution in [2.75, 3.05) is 20.2 Å². The average Bonchev–Trinajstić information content (AvgIpc) is 2.46. The van der Waals surface area contributed by atoms with Gasteiger partial charge in [-0.1, -0.05) is 43.2 Å². The maximum Gasteiger partial charge on any atom is 0.119 e. The van der Waals surface area contributed by atoms with E-state index in [1.54, 1.807) is 0 Å². The maximum atomic E-state index is 5.81. The Morgan fingerprint density at radius 1 is 0.895 bits per heavy atom. The molecular weight excluding hydrogens is 234 g/mol. The molecule has 0 atom stereocenters. The third-order valence-electron chi connectivity index (χ3n) is 3.31. The summed E-state index contributed by atoms with van der Waals surface area (Å²) in [7, 11) is 2.00. The molecule has 2 rings (SSSR count). The van der Waals surface area contributed by atoms with Crippen LogP contribution in [0.15, 0.2) is 42.5 Å². The largest absolute Gasteiger partial charge is 0.494 e. The zero-order valence-electron chi connectivity index (χ0n) is 11.7. The molecule has 2 aromatic rings. The Morgan fingerprint density at radius 3 is 2.53 bits per heavy atom. The first kappa shape index (κ1) is 13.9. The molecular formula is C17H23NO. The van der Waals surface area contributed by atoms with E-state index in [4.69, 9.17) is 4.74 Å². The lowest BCUT2D eigenvalue weighted by molar-refractivity contribution is 0.305. The molecule has 19 heavy (non-hydrogen) atoms. The van der Waals surface area contributed by atoms with Crippen LogP contribution in [0.1, 0.15) is 25.7 Å². The lowest BCUT2D eigenvalue weighted by Gasteiger charge is -2.07. The minimum atomic E-state index is 0.817. The quantitative estimate of drug-likeness (QED) is 0.722. The van der Waals surface area contributed by atoms with Gasteiger partial charge in [-0.25, -0.2) is 0 Å². The Hall–Kier alpha value is -1.54. The van der Waals surface area contributed by atoms with Crippen LogP contribution in [0.4, 0.5) is 0 Å². The molecule has 0 aromatic heterocycles. The predicted octanol–water partition coefficient (Wildman–Crippen LogP) is 4.00. The van der Waals surface area contributed by atoms with Gasteiger partial charge < -0.3 is 10.1 Å². The van der Waals surface area contributed by atoms with Crippen LogP contribution in [0.5, 0.6) is 5.75 Å². The van der Waals surface area contributed by atoms with E-state index in [0.717, 1.165) is 25.3 Å². The van der Waals surface area contributed by atoms with Gasteiger partial charge >= 0.3 is 0 Å². The molecule has 2 heteroatoms. The minimum absolute atomic E-state index is 0.817. The Labute approximate surface area is 115 Å². The summed E-state index contributed by atoms with van der Waals surface area (Å²) in [6.45, 7) is 1.93. The second kappa shape index (κ2) is 7.80. The van der Waals surface area contributed by atoms with Crippen LogP contribution in [0.2, 0.25) is 0 Å². The highest BCUT2D eigenvalue weighted by atomic mass is 16.5. The lowest BCUT2D eigenvalue weighted by atomic mass is 10.1. The predicted molar refractivity (Wildman–Crippen MR) is 81.8 cm³/mol. The molecule has 0 unspecified atom stereocenters. The molecule has 0 amide bonds. The van der Waals surface area contributed by atoms with Gasteiger partial charge in [-0.15, -0.1) is 0 Å². The molecule has 0 fully saturated rings. The molecule has 0 saturated carbocycles. The van der Waals surface area contributed by atoms with Gasteiger partial charge in [0.25, 0.3) is 0 Å². The summed E-state index contributed by atoms with van der Waals surface area (Å²) >= 11 is 0. The van der Waals surface area contributed by atoms with E-state index in [9.17, 15) is 0 Å². The Bertz CT molecular complexity index is 495. The fourth-order valence-electron chi connectivity index (χ4n) is 2.20. The first-order chi connectivity index (χ1) is 9.40. The molecule has 1 N–H and O–H groups in total. The van der Waals surface area contributed by atoms with Crippen molar-refractivity contribution < 1.29 is 4.74 Å². The van der Waals surface area contributed by atoms with Crippen molar-refractivity contribution in [1.82, 2.24) is 5.32 Å². The topological polar surface area (TPSA) is 21.3 Å². The van der Waals surface area contributed by atoms with Crippen LogP contribution in [-0.4, -0.2) is 20.2 Å². The molecule has 0 aliphatic carbocycles. The summed E-state index contributed by atoms with van der Waals surface area (Å²) in [6, 6.07) is 14.7. The third kappa shape index (κ3) is 4.56. The van der Waals surface area contributed by atoms with Crippen LogP contribution < -0.4 is 10.1 Å². The van der Waals surface area contributed by atoms with Crippen LogP contribution >= 0.6 is 0 Å². The SMILES string of the molecule is CNCCCCCCOc1ccc2ccccc2c1. The van der Waals surface area contributed by atoms with Crippen molar-refractivity contribution in [2.45, 2.75) is 25.7 Å². The summed E-state index contributed by atoms with van der Waals surface area (Å²) in [6.07, 6.45) is 4.92. The van der Waals surface area contributed by atoms with Gasteiger partial charge in [-0.05, 0) is 49.3 Å². The van der Waals surface area contributed by atoms with Crippen molar-refractivity contribution in [3.8, 4) is 5.75 Å². The monoisotopic (exact) mass is 257 g/mol. The van der Waals surface area contributed by atoms with E-state index >= 15 is 0 Å². The number of ether oxygens (including phenoxy) is 1. The number of nitrogens with one attached hydrogen (secondary N) is 1. The summed E-state index contributed by atoms with van der Waals surface area (Å²) in [5.41, 5.74) is 0. The molecule has 0 aliphatic heterocycles. The minimum Gasteiger partial charge on any atom is -0.494 e. The van der Waals surface area contributed by atoms with Crippen LogP contribution in [0.3, 0.4) is 0 Å². The summed E-state index contributed by atoms with van der Waals surface area (Å²) < 4.78 is 5.81. The second-order valence-electron chi connectivity index (χ2n) is 4.88. The molecule has 2 aromatic carbocycles. The van der Waals surface area contributed by atoms with Crippen molar-refractivity contribution in [3.63, 3.8) is 0 Å². The van der Waals surface area contributed by atoms with E-state index in [1.165, 1.54) is 30.0 Å². The zero-order chi connectivity index (χ0) is 13.3. The highest BCUT2D eigenvalue weighted by Crippen LogP contribution is 2.20. The molecule has 0 bridgehead atoms. The third-order valence-corrected chi connectivity index (χ3v) is 3.31. The van der Waals surface area contributed by atoms with Gasteiger partial charge in [0, 0.05) is 0 Å². The number of benzene rings is 2. The summed E-state index contributed by atoms with van der Waals surface area (Å²) in [5, 5.41) is 5.68. The van der Waals surface area contributed by atoms with Crippen molar-refractivity contribution in [2.24, 2.45) is 0 Å². The first-order valence-electron chi connectivity index (χ1n) is 7.16. The molecule has 0 saturated heterocycles. The number of hydrogen-bond acceptors (Lipinski definition) is 2. The molecule has 2 nitrogen and oxygen atoms in total. The van der Waals surface area contributed by atoms with E-state index in [-0.39, 0.29) is 0 Å².